The number of pyridine rings is 1. The van der Waals surface area contributed by atoms with E-state index in [2.05, 4.69) is 22.6 Å². The van der Waals surface area contributed by atoms with Crippen molar-refractivity contribution in [3.63, 3.8) is 0 Å². The van der Waals surface area contributed by atoms with Gasteiger partial charge in [0.25, 0.3) is 0 Å². The Kier molecular flexibility index (Phi) is 3.96. The van der Waals surface area contributed by atoms with E-state index in [9.17, 15) is 9.59 Å². The van der Waals surface area contributed by atoms with Crippen molar-refractivity contribution in [1.29, 1.82) is 0 Å². The van der Waals surface area contributed by atoms with Crippen molar-refractivity contribution in [2.75, 3.05) is 0 Å². The van der Waals surface area contributed by atoms with Crippen LogP contribution in [0.5, 0.6) is 0 Å². The number of hydrogen-bond donors (Lipinski definition) is 0. The first-order chi connectivity index (χ1) is 8.61. The highest BCUT2D eigenvalue weighted by Crippen LogP contribution is 2.13. The molecule has 0 N–H and O–H groups in total. The van der Waals surface area contributed by atoms with Gasteiger partial charge in [0.05, 0.1) is 5.56 Å². The maximum atomic E-state index is 11.6. The highest BCUT2D eigenvalue weighted by Gasteiger charge is 2.05. The van der Waals surface area contributed by atoms with Gasteiger partial charge in [0, 0.05) is 28.1 Å². The SMILES string of the molecule is Cc1cn(Cc2ccccc2I)cc(C=O)c1=O. The molecule has 2 rings (SSSR count). The topological polar surface area (TPSA) is 39.1 Å². The van der Waals surface area contributed by atoms with Crippen molar-refractivity contribution >= 4 is 28.9 Å². The van der Waals surface area contributed by atoms with Gasteiger partial charge in [-0.05, 0) is 41.1 Å². The molecule has 1 heterocycles. The minimum Gasteiger partial charge on any atom is -0.349 e. The number of benzene rings is 1. The van der Waals surface area contributed by atoms with Crippen LogP contribution in [0.4, 0.5) is 0 Å². The molecule has 1 aromatic carbocycles. The average molecular weight is 353 g/mol. The molecule has 2 aromatic rings. The van der Waals surface area contributed by atoms with E-state index in [-0.39, 0.29) is 11.0 Å². The van der Waals surface area contributed by atoms with Gasteiger partial charge in [0.2, 0.25) is 0 Å². The molecule has 0 atom stereocenters. The van der Waals surface area contributed by atoms with E-state index < -0.39 is 0 Å². The maximum absolute atomic E-state index is 11.6. The third-order valence-electron chi connectivity index (χ3n) is 2.72. The van der Waals surface area contributed by atoms with Gasteiger partial charge in [-0.25, -0.2) is 0 Å². The summed E-state index contributed by atoms with van der Waals surface area (Å²) in [5.41, 5.74) is 1.77. The molecule has 0 unspecified atom stereocenters. The molecule has 92 valence electrons. The lowest BCUT2D eigenvalue weighted by Crippen LogP contribution is -2.16. The summed E-state index contributed by atoms with van der Waals surface area (Å²) < 4.78 is 3.04. The average Bonchev–Trinajstić information content (AvgIpc) is 2.36. The summed E-state index contributed by atoms with van der Waals surface area (Å²) in [6, 6.07) is 8.04. The summed E-state index contributed by atoms with van der Waals surface area (Å²) in [5.74, 6) is 0. The zero-order chi connectivity index (χ0) is 13.1. The molecule has 1 aromatic heterocycles. The Bertz CT molecular complexity index is 646. The van der Waals surface area contributed by atoms with E-state index in [1.165, 1.54) is 3.57 Å². The Hall–Kier alpha value is -1.43. The zero-order valence-corrected chi connectivity index (χ0v) is 12.0. The standard InChI is InChI=1S/C14H12INO2/c1-10-6-16(8-12(9-17)14(10)18)7-11-4-2-3-5-13(11)15/h2-6,8-9H,7H2,1H3. The first kappa shape index (κ1) is 13.0. The molecule has 0 saturated carbocycles. The van der Waals surface area contributed by atoms with E-state index in [1.54, 1.807) is 19.3 Å². The van der Waals surface area contributed by atoms with Gasteiger partial charge in [-0.2, -0.15) is 0 Å². The molecule has 0 saturated heterocycles. The summed E-state index contributed by atoms with van der Waals surface area (Å²) in [6.07, 6.45) is 3.99. The van der Waals surface area contributed by atoms with Crippen LogP contribution in [0, 0.1) is 10.5 Å². The molecular formula is C14H12INO2. The van der Waals surface area contributed by atoms with E-state index in [0.29, 0.717) is 18.4 Å². The molecule has 0 bridgehead atoms. The van der Waals surface area contributed by atoms with Crippen LogP contribution >= 0.6 is 22.6 Å². The molecular weight excluding hydrogens is 341 g/mol. The van der Waals surface area contributed by atoms with Crippen LogP contribution in [-0.4, -0.2) is 10.9 Å². The Balaban J connectivity index is 2.42. The monoisotopic (exact) mass is 353 g/mol. The fourth-order valence-electron chi connectivity index (χ4n) is 1.81. The molecule has 0 fully saturated rings. The Morgan fingerprint density at radius 1 is 1.28 bits per heavy atom. The highest BCUT2D eigenvalue weighted by molar-refractivity contribution is 14.1. The van der Waals surface area contributed by atoms with Crippen molar-refractivity contribution in [2.24, 2.45) is 0 Å². The number of carbonyl (C=O) groups is 1. The third-order valence-corrected chi connectivity index (χ3v) is 3.77. The van der Waals surface area contributed by atoms with Gasteiger partial charge in [0.15, 0.2) is 11.7 Å². The molecule has 4 heteroatoms. The quantitative estimate of drug-likeness (QED) is 0.629. The first-order valence-electron chi connectivity index (χ1n) is 5.51. The minimum absolute atomic E-state index is 0.191. The van der Waals surface area contributed by atoms with Gasteiger partial charge in [-0.1, -0.05) is 18.2 Å². The lowest BCUT2D eigenvalue weighted by Gasteiger charge is -2.10. The van der Waals surface area contributed by atoms with E-state index >= 15 is 0 Å². The smallest absolute Gasteiger partial charge is 0.194 e. The van der Waals surface area contributed by atoms with Gasteiger partial charge in [-0.15, -0.1) is 0 Å². The Labute approximate surface area is 119 Å². The molecule has 0 aliphatic heterocycles. The summed E-state index contributed by atoms with van der Waals surface area (Å²) in [5, 5.41) is 0. The molecule has 0 radical (unpaired) electrons. The molecule has 0 aliphatic carbocycles. The van der Waals surface area contributed by atoms with Crippen molar-refractivity contribution in [2.45, 2.75) is 13.5 Å². The van der Waals surface area contributed by atoms with Crippen molar-refractivity contribution in [3.8, 4) is 0 Å². The van der Waals surface area contributed by atoms with Gasteiger partial charge < -0.3 is 4.57 Å². The minimum atomic E-state index is -0.191. The van der Waals surface area contributed by atoms with Crippen LogP contribution in [-0.2, 0) is 6.54 Å². The number of carbonyl (C=O) groups excluding carboxylic acids is 1. The van der Waals surface area contributed by atoms with Crippen LogP contribution < -0.4 is 5.43 Å². The second kappa shape index (κ2) is 5.48. The number of rotatable bonds is 3. The summed E-state index contributed by atoms with van der Waals surface area (Å²) in [6.45, 7) is 2.38. The first-order valence-corrected chi connectivity index (χ1v) is 6.59. The number of aldehydes is 1. The lowest BCUT2D eigenvalue weighted by atomic mass is 10.2. The summed E-state index contributed by atoms with van der Waals surface area (Å²) in [7, 11) is 0. The maximum Gasteiger partial charge on any atom is 0.194 e. The second-order valence-electron chi connectivity index (χ2n) is 4.11. The van der Waals surface area contributed by atoms with Gasteiger partial charge in [-0.3, -0.25) is 9.59 Å². The molecule has 0 aliphatic rings. The van der Waals surface area contributed by atoms with E-state index in [4.69, 9.17) is 0 Å². The number of aryl methyl sites for hydroxylation is 1. The van der Waals surface area contributed by atoms with E-state index in [0.717, 1.165) is 5.56 Å². The molecule has 0 amide bonds. The number of nitrogens with zero attached hydrogens (tertiary/aromatic N) is 1. The normalized spacial score (nSPS) is 10.3. The number of aromatic nitrogens is 1. The highest BCUT2D eigenvalue weighted by atomic mass is 127. The van der Waals surface area contributed by atoms with Crippen LogP contribution in [0.25, 0.3) is 0 Å². The van der Waals surface area contributed by atoms with Crippen LogP contribution in [0.15, 0.2) is 41.5 Å². The molecule has 0 spiro atoms. The summed E-state index contributed by atoms with van der Waals surface area (Å²) >= 11 is 2.28. The van der Waals surface area contributed by atoms with Crippen molar-refractivity contribution in [3.05, 3.63) is 67.1 Å². The predicted molar refractivity (Wildman–Crippen MR) is 79.1 cm³/mol. The largest absolute Gasteiger partial charge is 0.349 e. The zero-order valence-electron chi connectivity index (χ0n) is 9.89. The van der Waals surface area contributed by atoms with Gasteiger partial charge in [0.1, 0.15) is 0 Å². The Morgan fingerprint density at radius 3 is 2.67 bits per heavy atom. The lowest BCUT2D eigenvalue weighted by molar-refractivity contribution is 0.112. The van der Waals surface area contributed by atoms with Crippen LogP contribution in [0.1, 0.15) is 21.5 Å². The molecule has 3 nitrogen and oxygen atoms in total. The number of hydrogen-bond acceptors (Lipinski definition) is 2. The van der Waals surface area contributed by atoms with Gasteiger partial charge >= 0.3 is 0 Å². The summed E-state index contributed by atoms with van der Waals surface area (Å²) in [4.78, 5) is 22.5. The van der Waals surface area contributed by atoms with Crippen molar-refractivity contribution < 1.29 is 4.79 Å². The van der Waals surface area contributed by atoms with Crippen LogP contribution in [0.2, 0.25) is 0 Å². The third kappa shape index (κ3) is 2.69. The van der Waals surface area contributed by atoms with Crippen LogP contribution in [0.3, 0.4) is 0 Å². The predicted octanol–water partition coefficient (Wildman–Crippen LogP) is 2.62. The number of halogens is 1. The van der Waals surface area contributed by atoms with E-state index in [1.807, 2.05) is 28.8 Å². The molecule has 18 heavy (non-hydrogen) atoms. The fraction of sp³-hybridized carbons (Fsp3) is 0.143. The Morgan fingerprint density at radius 2 is 2.00 bits per heavy atom. The van der Waals surface area contributed by atoms with Crippen molar-refractivity contribution in [1.82, 2.24) is 4.57 Å². The fourth-order valence-corrected chi connectivity index (χ4v) is 2.37. The second-order valence-corrected chi connectivity index (χ2v) is 5.27.